The Balaban J connectivity index is 1.03. The highest BCUT2D eigenvalue weighted by Gasteiger charge is 2.45. The number of aldehydes is 1. The zero-order valence-electron chi connectivity index (χ0n) is 22.9. The molecule has 4 heterocycles. The molecule has 12 heteroatoms. The van der Waals surface area contributed by atoms with Gasteiger partial charge in [-0.2, -0.15) is 0 Å². The topological polar surface area (TPSA) is 116 Å². The van der Waals surface area contributed by atoms with Crippen molar-refractivity contribution in [3.63, 3.8) is 0 Å². The van der Waals surface area contributed by atoms with Gasteiger partial charge >= 0.3 is 5.97 Å². The minimum atomic E-state index is -1.78. The van der Waals surface area contributed by atoms with Crippen molar-refractivity contribution in [1.82, 2.24) is 19.9 Å². The van der Waals surface area contributed by atoms with E-state index in [1.807, 2.05) is 35.2 Å². The maximum Gasteiger partial charge on any atom is 0.349 e. The second-order valence-corrected chi connectivity index (χ2v) is 12.8. The molecule has 0 bridgehead atoms. The number of nitrogens with zero attached hydrogens (tertiary/aromatic N) is 4. The Bertz CT molecular complexity index is 1540. The van der Waals surface area contributed by atoms with Crippen molar-refractivity contribution in [2.75, 3.05) is 20.4 Å². The maximum absolute atomic E-state index is 13.4. The zero-order chi connectivity index (χ0) is 28.6. The number of rotatable bonds is 10. The summed E-state index contributed by atoms with van der Waals surface area (Å²) in [5, 5.41) is 22.0. The van der Waals surface area contributed by atoms with Crippen LogP contribution >= 0.6 is 22.7 Å². The molecule has 1 aliphatic carbocycles. The van der Waals surface area contributed by atoms with Crippen LogP contribution in [0.25, 0.3) is 11.0 Å². The highest BCUT2D eigenvalue weighted by Crippen LogP contribution is 2.41. The van der Waals surface area contributed by atoms with Crippen molar-refractivity contribution in [3.05, 3.63) is 55.9 Å². The number of fused-ring (bicyclic) bond motifs is 3. The van der Waals surface area contributed by atoms with E-state index >= 15 is 0 Å². The Hall–Kier alpha value is -3.32. The number of benzene rings is 1. The van der Waals surface area contributed by atoms with E-state index in [0.29, 0.717) is 44.9 Å². The van der Waals surface area contributed by atoms with Crippen LogP contribution in [0.1, 0.15) is 57.1 Å². The molecule has 1 N–H and O–H groups in total. The molecule has 216 valence electrons. The third-order valence-corrected chi connectivity index (χ3v) is 10.1. The summed E-state index contributed by atoms with van der Waals surface area (Å²) in [5.74, 6) is 0.376. The van der Waals surface area contributed by atoms with Crippen molar-refractivity contribution in [2.24, 2.45) is 0 Å². The molecule has 0 unspecified atom stereocenters. The number of aliphatic hydroxyl groups is 1. The summed E-state index contributed by atoms with van der Waals surface area (Å²) in [6.45, 7) is 3.54. The van der Waals surface area contributed by atoms with Crippen LogP contribution in [-0.2, 0) is 21.7 Å². The summed E-state index contributed by atoms with van der Waals surface area (Å²) in [4.78, 5) is 29.3. The van der Waals surface area contributed by atoms with E-state index in [1.165, 1.54) is 22.7 Å². The van der Waals surface area contributed by atoms with E-state index in [4.69, 9.17) is 14.2 Å². The molecule has 6 rings (SSSR count). The Kier molecular flexibility index (Phi) is 7.82. The number of aryl methyl sites for hydroxylation is 2. The van der Waals surface area contributed by atoms with Crippen molar-refractivity contribution in [2.45, 2.75) is 63.3 Å². The van der Waals surface area contributed by atoms with Gasteiger partial charge in [0, 0.05) is 17.5 Å². The fraction of sp³-hybridized carbons (Fsp3) is 0.448. The van der Waals surface area contributed by atoms with E-state index in [2.05, 4.69) is 22.3 Å². The van der Waals surface area contributed by atoms with Crippen LogP contribution in [-0.4, -0.2) is 69.8 Å². The highest BCUT2D eigenvalue weighted by atomic mass is 32.1. The number of ether oxygens (including phenoxy) is 3. The average molecular weight is 597 g/mol. The van der Waals surface area contributed by atoms with E-state index in [9.17, 15) is 14.7 Å². The molecule has 0 amide bonds. The molecule has 3 aromatic heterocycles. The Morgan fingerprint density at radius 1 is 1.22 bits per heavy atom. The van der Waals surface area contributed by atoms with Crippen LogP contribution in [0.2, 0.25) is 0 Å². The summed E-state index contributed by atoms with van der Waals surface area (Å²) < 4.78 is 18.9. The monoisotopic (exact) mass is 596 g/mol. The van der Waals surface area contributed by atoms with Gasteiger partial charge in [0.25, 0.3) is 0 Å². The van der Waals surface area contributed by atoms with Gasteiger partial charge in [0.15, 0.2) is 17.8 Å². The maximum atomic E-state index is 13.4. The number of carbonyl (C=O) groups is 2. The lowest BCUT2D eigenvalue weighted by Gasteiger charge is -2.35. The largest absolute Gasteiger partial charge is 0.460 e. The molecule has 41 heavy (non-hydrogen) atoms. The summed E-state index contributed by atoms with van der Waals surface area (Å²) >= 11 is 2.77. The van der Waals surface area contributed by atoms with Gasteiger partial charge < -0.3 is 24.2 Å². The van der Waals surface area contributed by atoms with Crippen molar-refractivity contribution < 1.29 is 28.9 Å². The highest BCUT2D eigenvalue weighted by molar-refractivity contribution is 7.13. The van der Waals surface area contributed by atoms with Crippen molar-refractivity contribution in [1.29, 1.82) is 0 Å². The minimum Gasteiger partial charge on any atom is -0.460 e. The molecular formula is C29H32N4O6S2. The number of thiophene rings is 2. The molecule has 4 aromatic rings. The van der Waals surface area contributed by atoms with Crippen molar-refractivity contribution in [3.8, 4) is 11.5 Å². The lowest BCUT2D eigenvalue weighted by Crippen LogP contribution is -2.42. The first-order valence-corrected chi connectivity index (χ1v) is 15.4. The third kappa shape index (κ3) is 5.25. The van der Waals surface area contributed by atoms with E-state index in [1.54, 1.807) is 12.1 Å². The molecule has 0 radical (unpaired) electrons. The van der Waals surface area contributed by atoms with E-state index in [0.717, 1.165) is 55.3 Å². The number of esters is 1. The predicted octanol–water partition coefficient (Wildman–Crippen LogP) is 4.52. The molecule has 1 atom stereocenters. The fourth-order valence-corrected chi connectivity index (χ4v) is 7.56. The second-order valence-electron chi connectivity index (χ2n) is 10.6. The molecule has 1 fully saturated rings. The third-order valence-electron chi connectivity index (χ3n) is 7.96. The van der Waals surface area contributed by atoms with Crippen LogP contribution in [0, 0.1) is 6.92 Å². The van der Waals surface area contributed by atoms with Crippen LogP contribution in [0.5, 0.6) is 11.5 Å². The minimum absolute atomic E-state index is 0.0716. The standard InChI is InChI=1S/C29H32N4O6S2/c1-18-6-11-24(41-18)29(36,23-5-3-14-40-23)28(35)39-21-9-7-20(8-10-21)32(2)12-4-13-33-25-22(30-31-33)15-19(16-34)26-27(25)38-17-37-26/h3,5-6,11,14-16,20-21,36H,4,7-10,12-13,17H2,1-2H3/t20?,21?,29-/m0/s1. The van der Waals surface area contributed by atoms with Gasteiger partial charge in [-0.1, -0.05) is 11.3 Å². The lowest BCUT2D eigenvalue weighted by atomic mass is 9.91. The number of hydrogen-bond acceptors (Lipinski definition) is 11. The molecule has 2 aliphatic rings. The molecule has 0 spiro atoms. The summed E-state index contributed by atoms with van der Waals surface area (Å²) in [5.41, 5.74) is -0.0137. The van der Waals surface area contributed by atoms with Gasteiger partial charge in [-0.05, 0) is 82.3 Å². The Morgan fingerprint density at radius 2 is 2.02 bits per heavy atom. The normalized spacial score (nSPS) is 19.9. The Labute approximate surface area is 245 Å². The van der Waals surface area contributed by atoms with Gasteiger partial charge in [-0.15, -0.1) is 27.8 Å². The average Bonchev–Trinajstić information content (AvgIpc) is 3.79. The SMILES string of the molecule is Cc1ccc([C@](O)(C(=O)OC2CCC(N(C)CCCn3nnc4cc(C=O)c5c(c43)OCO5)CC2)c2cccs2)s1. The lowest BCUT2D eigenvalue weighted by molar-refractivity contribution is -0.169. The number of hydrogen-bond donors (Lipinski definition) is 1. The number of carbonyl (C=O) groups excluding carboxylic acids is 2. The first-order chi connectivity index (χ1) is 19.9. The molecule has 0 saturated heterocycles. The Morgan fingerprint density at radius 3 is 2.73 bits per heavy atom. The van der Waals surface area contributed by atoms with E-state index < -0.39 is 11.6 Å². The van der Waals surface area contributed by atoms with Gasteiger partial charge in [0.05, 0.1) is 15.3 Å². The molecule has 10 nitrogen and oxygen atoms in total. The van der Waals surface area contributed by atoms with Crippen LogP contribution < -0.4 is 9.47 Å². The molecule has 1 aliphatic heterocycles. The number of aromatic nitrogens is 3. The van der Waals surface area contributed by atoms with Gasteiger partial charge in [-0.3, -0.25) is 4.79 Å². The second kappa shape index (κ2) is 11.5. The predicted molar refractivity (Wildman–Crippen MR) is 155 cm³/mol. The van der Waals surface area contributed by atoms with Crippen LogP contribution in [0.4, 0.5) is 0 Å². The van der Waals surface area contributed by atoms with Gasteiger partial charge in [0.1, 0.15) is 17.1 Å². The quantitative estimate of drug-likeness (QED) is 0.208. The molecular weight excluding hydrogens is 564 g/mol. The first kappa shape index (κ1) is 27.8. The van der Waals surface area contributed by atoms with Gasteiger partial charge in [-0.25, -0.2) is 9.48 Å². The summed E-state index contributed by atoms with van der Waals surface area (Å²) in [6, 6.07) is 9.40. The summed E-state index contributed by atoms with van der Waals surface area (Å²) in [7, 11) is 2.12. The summed E-state index contributed by atoms with van der Waals surface area (Å²) in [6.07, 6.45) is 4.69. The fourth-order valence-electron chi connectivity index (χ4n) is 5.71. The van der Waals surface area contributed by atoms with Gasteiger partial charge in [0.2, 0.25) is 12.4 Å². The van der Waals surface area contributed by atoms with Crippen LogP contribution in [0.3, 0.4) is 0 Å². The van der Waals surface area contributed by atoms with E-state index in [-0.39, 0.29) is 12.9 Å². The van der Waals surface area contributed by atoms with Crippen LogP contribution in [0.15, 0.2) is 35.7 Å². The molecule has 1 saturated carbocycles. The zero-order valence-corrected chi connectivity index (χ0v) is 24.6. The van der Waals surface area contributed by atoms with Crippen molar-refractivity contribution >= 4 is 46.0 Å². The smallest absolute Gasteiger partial charge is 0.349 e. The first-order valence-electron chi connectivity index (χ1n) is 13.7. The molecule has 1 aromatic carbocycles.